The summed E-state index contributed by atoms with van der Waals surface area (Å²) in [5, 5.41) is 0.833. The van der Waals surface area contributed by atoms with Gasteiger partial charge in [0.25, 0.3) is 5.56 Å². The Hall–Kier alpha value is -2.01. The number of aromatic nitrogens is 3. The summed E-state index contributed by atoms with van der Waals surface area (Å²) in [7, 11) is 0. The minimum absolute atomic E-state index is 0.0244. The van der Waals surface area contributed by atoms with E-state index in [4.69, 9.17) is 4.98 Å². The zero-order chi connectivity index (χ0) is 19.0. The maximum atomic E-state index is 12.7. The second-order valence-electron chi connectivity index (χ2n) is 7.86. The molecule has 1 atom stereocenters. The number of nitrogens with zero attached hydrogens (tertiary/aromatic N) is 2. The molecular formula is C22H28N3OS+. The Balaban J connectivity index is 1.62. The zero-order valence-corrected chi connectivity index (χ0v) is 17.2. The number of hydrogen-bond donors (Lipinski definition) is 1. The van der Waals surface area contributed by atoms with E-state index in [0.29, 0.717) is 18.4 Å². The molecule has 0 aliphatic heterocycles. The molecule has 3 aromatic heterocycles. The van der Waals surface area contributed by atoms with Crippen LogP contribution in [0.1, 0.15) is 67.8 Å². The molecule has 0 saturated carbocycles. The molecule has 0 amide bonds. The molecular weight excluding hydrogens is 354 g/mol. The molecule has 4 rings (SSSR count). The quantitative estimate of drug-likeness (QED) is 0.667. The molecule has 1 aliphatic carbocycles. The molecule has 0 fully saturated rings. The van der Waals surface area contributed by atoms with E-state index in [1.54, 1.807) is 11.3 Å². The van der Waals surface area contributed by atoms with Gasteiger partial charge in [0.05, 0.1) is 5.39 Å². The first-order valence-electron chi connectivity index (χ1n) is 10.1. The first-order chi connectivity index (χ1) is 13.1. The number of fused-ring (bicyclic) bond motifs is 3. The van der Waals surface area contributed by atoms with Crippen LogP contribution in [-0.2, 0) is 19.4 Å². The van der Waals surface area contributed by atoms with Gasteiger partial charge in [0.1, 0.15) is 4.83 Å². The second kappa shape index (κ2) is 7.55. The van der Waals surface area contributed by atoms with Gasteiger partial charge < -0.3 is 4.98 Å². The standard InChI is InChI=1S/C22H27N3OS/c1-4-15(5-2)16-8-10-25(11-9-16)13-19-23-21(26)20-17-7-6-14(3)12-18(17)27-22(20)24-19/h8-11,14-15H,4-7,12-13H2,1-3H3/p+1/t14-/m0/s1. The highest BCUT2D eigenvalue weighted by Gasteiger charge is 2.23. The minimum atomic E-state index is 0.0244. The molecule has 0 bridgehead atoms. The van der Waals surface area contributed by atoms with E-state index in [-0.39, 0.29) is 5.56 Å². The average molecular weight is 383 g/mol. The van der Waals surface area contributed by atoms with Crippen molar-refractivity contribution in [1.29, 1.82) is 0 Å². The van der Waals surface area contributed by atoms with Crippen LogP contribution in [0.25, 0.3) is 10.2 Å². The van der Waals surface area contributed by atoms with Crippen LogP contribution in [-0.4, -0.2) is 9.97 Å². The molecule has 0 spiro atoms. The zero-order valence-electron chi connectivity index (χ0n) is 16.4. The van der Waals surface area contributed by atoms with E-state index in [2.05, 4.69) is 54.8 Å². The lowest BCUT2D eigenvalue weighted by molar-refractivity contribution is -0.689. The molecule has 5 heteroatoms. The lowest BCUT2D eigenvalue weighted by Crippen LogP contribution is -2.35. The second-order valence-corrected chi connectivity index (χ2v) is 8.95. The third-order valence-corrected chi connectivity index (χ3v) is 7.07. The number of aryl methyl sites for hydroxylation is 1. The summed E-state index contributed by atoms with van der Waals surface area (Å²) >= 11 is 1.71. The fourth-order valence-corrected chi connectivity index (χ4v) is 5.65. The van der Waals surface area contributed by atoms with Crippen molar-refractivity contribution in [1.82, 2.24) is 9.97 Å². The number of rotatable bonds is 5. The highest BCUT2D eigenvalue weighted by molar-refractivity contribution is 7.18. The van der Waals surface area contributed by atoms with Gasteiger partial charge in [-0.25, -0.2) is 4.98 Å². The van der Waals surface area contributed by atoms with Gasteiger partial charge in [0.2, 0.25) is 6.54 Å². The Morgan fingerprint density at radius 3 is 2.74 bits per heavy atom. The van der Waals surface area contributed by atoms with Crippen LogP contribution in [0.2, 0.25) is 0 Å². The van der Waals surface area contributed by atoms with E-state index in [1.165, 1.54) is 22.4 Å². The van der Waals surface area contributed by atoms with Crippen LogP contribution < -0.4 is 10.1 Å². The topological polar surface area (TPSA) is 49.6 Å². The third-order valence-electron chi connectivity index (χ3n) is 5.92. The summed E-state index contributed by atoms with van der Waals surface area (Å²) in [6.07, 6.45) is 9.77. The molecule has 0 saturated heterocycles. The first kappa shape index (κ1) is 18.4. The van der Waals surface area contributed by atoms with Crippen LogP contribution in [0.4, 0.5) is 0 Å². The van der Waals surface area contributed by atoms with Crippen molar-refractivity contribution in [2.24, 2.45) is 5.92 Å². The normalized spacial score (nSPS) is 16.8. The summed E-state index contributed by atoms with van der Waals surface area (Å²) in [5.74, 6) is 2.06. The fraction of sp³-hybridized carbons (Fsp3) is 0.500. The summed E-state index contributed by atoms with van der Waals surface area (Å²) < 4.78 is 2.09. The molecule has 0 aromatic carbocycles. The molecule has 0 radical (unpaired) electrons. The summed E-state index contributed by atoms with van der Waals surface area (Å²) in [6.45, 7) is 7.35. The average Bonchev–Trinajstić information content (AvgIpc) is 3.01. The van der Waals surface area contributed by atoms with Crippen molar-refractivity contribution in [2.45, 2.75) is 65.3 Å². The maximum Gasteiger partial charge on any atom is 0.260 e. The van der Waals surface area contributed by atoms with Gasteiger partial charge in [-0.1, -0.05) is 20.8 Å². The summed E-state index contributed by atoms with van der Waals surface area (Å²) in [5.41, 5.74) is 2.65. The van der Waals surface area contributed by atoms with Crippen LogP contribution >= 0.6 is 11.3 Å². The van der Waals surface area contributed by atoms with Crippen molar-refractivity contribution < 1.29 is 4.57 Å². The predicted molar refractivity (Wildman–Crippen MR) is 110 cm³/mol. The van der Waals surface area contributed by atoms with Crippen LogP contribution in [0.15, 0.2) is 29.3 Å². The smallest absolute Gasteiger partial charge is 0.260 e. The van der Waals surface area contributed by atoms with Gasteiger partial charge in [-0.05, 0) is 55.1 Å². The summed E-state index contributed by atoms with van der Waals surface area (Å²) in [4.78, 5) is 22.8. The minimum Gasteiger partial charge on any atom is -0.305 e. The highest BCUT2D eigenvalue weighted by atomic mass is 32.1. The van der Waals surface area contributed by atoms with E-state index in [1.807, 2.05) is 0 Å². The molecule has 4 nitrogen and oxygen atoms in total. The van der Waals surface area contributed by atoms with Gasteiger partial charge in [-0.3, -0.25) is 4.79 Å². The molecule has 1 aliphatic rings. The molecule has 27 heavy (non-hydrogen) atoms. The lowest BCUT2D eigenvalue weighted by atomic mass is 9.89. The van der Waals surface area contributed by atoms with Crippen molar-refractivity contribution >= 4 is 21.6 Å². The molecule has 0 unspecified atom stereocenters. The number of H-pyrrole nitrogens is 1. The molecule has 1 N–H and O–H groups in total. The third kappa shape index (κ3) is 3.57. The van der Waals surface area contributed by atoms with Gasteiger partial charge >= 0.3 is 0 Å². The number of aromatic amines is 1. The number of thiophene rings is 1. The number of hydrogen-bond acceptors (Lipinski definition) is 3. The molecule has 3 aromatic rings. The lowest BCUT2D eigenvalue weighted by Gasteiger charge is -2.17. The van der Waals surface area contributed by atoms with Crippen molar-refractivity contribution in [2.75, 3.05) is 0 Å². The Labute approximate surface area is 164 Å². The van der Waals surface area contributed by atoms with Crippen LogP contribution in [0.5, 0.6) is 0 Å². The van der Waals surface area contributed by atoms with E-state index in [0.717, 1.165) is 41.7 Å². The van der Waals surface area contributed by atoms with Gasteiger partial charge in [0.15, 0.2) is 18.2 Å². The fourth-order valence-electron chi connectivity index (χ4n) is 4.25. The largest absolute Gasteiger partial charge is 0.305 e. The monoisotopic (exact) mass is 382 g/mol. The highest BCUT2D eigenvalue weighted by Crippen LogP contribution is 2.35. The Bertz CT molecular complexity index is 999. The van der Waals surface area contributed by atoms with Crippen LogP contribution in [0.3, 0.4) is 0 Å². The first-order valence-corrected chi connectivity index (χ1v) is 10.9. The number of nitrogens with one attached hydrogen (secondary N) is 1. The van der Waals surface area contributed by atoms with Gasteiger partial charge in [-0.15, -0.1) is 11.3 Å². The molecule has 3 heterocycles. The Kier molecular flexibility index (Phi) is 5.13. The Morgan fingerprint density at radius 1 is 1.30 bits per heavy atom. The maximum absolute atomic E-state index is 12.7. The molecule has 142 valence electrons. The van der Waals surface area contributed by atoms with Crippen molar-refractivity contribution in [3.63, 3.8) is 0 Å². The number of pyridine rings is 1. The van der Waals surface area contributed by atoms with Gasteiger partial charge in [0, 0.05) is 17.0 Å². The van der Waals surface area contributed by atoms with E-state index >= 15 is 0 Å². The van der Waals surface area contributed by atoms with Crippen LogP contribution in [0, 0.1) is 5.92 Å². The van der Waals surface area contributed by atoms with E-state index < -0.39 is 0 Å². The Morgan fingerprint density at radius 2 is 2.04 bits per heavy atom. The van der Waals surface area contributed by atoms with Crippen molar-refractivity contribution in [3.05, 3.63) is 56.7 Å². The SMILES string of the molecule is CCC(CC)c1cc[n+](Cc2nc3sc4c(c3c(=O)[nH]2)CC[C@H](C)C4)cc1. The summed E-state index contributed by atoms with van der Waals surface area (Å²) in [6, 6.07) is 4.39. The van der Waals surface area contributed by atoms with E-state index in [9.17, 15) is 4.79 Å². The van der Waals surface area contributed by atoms with Gasteiger partial charge in [-0.2, -0.15) is 4.57 Å². The van der Waals surface area contributed by atoms with Crippen molar-refractivity contribution in [3.8, 4) is 0 Å². The predicted octanol–water partition coefficient (Wildman–Crippen LogP) is 4.35.